The van der Waals surface area contributed by atoms with E-state index in [1.165, 1.54) is 25.3 Å². The number of rotatable bonds is 5. The first-order valence-corrected chi connectivity index (χ1v) is 8.49. The Bertz CT molecular complexity index is 678. The van der Waals surface area contributed by atoms with Gasteiger partial charge in [0, 0.05) is 17.9 Å². The number of primary sulfonamides is 1. The molecule has 0 aliphatic heterocycles. The second kappa shape index (κ2) is 5.06. The molecule has 1 aromatic carbocycles. The van der Waals surface area contributed by atoms with Crippen molar-refractivity contribution in [3.8, 4) is 11.5 Å². The molecule has 2 saturated carbocycles. The summed E-state index contributed by atoms with van der Waals surface area (Å²) >= 11 is 0. The molecule has 2 aliphatic rings. The molecule has 2 aliphatic carbocycles. The molecule has 2 atom stereocenters. The molecule has 0 saturated heterocycles. The first kappa shape index (κ1) is 15.5. The molecule has 8 heteroatoms. The van der Waals surface area contributed by atoms with Crippen LogP contribution in [0.15, 0.2) is 23.1 Å². The number of fused-ring (bicyclic) bond motifs is 1. The topological polar surface area (TPSA) is 78.6 Å². The Morgan fingerprint density at radius 1 is 1.27 bits per heavy atom. The Morgan fingerprint density at radius 3 is 2.45 bits per heavy atom. The largest absolute Gasteiger partial charge is 0.493 e. The van der Waals surface area contributed by atoms with Crippen LogP contribution in [0.25, 0.3) is 0 Å². The summed E-state index contributed by atoms with van der Waals surface area (Å²) in [5, 5.41) is 5.05. The third kappa shape index (κ3) is 2.65. The van der Waals surface area contributed by atoms with Crippen molar-refractivity contribution in [2.75, 3.05) is 13.7 Å². The lowest BCUT2D eigenvalue weighted by molar-refractivity contribution is 0.0578. The molecule has 0 aromatic heterocycles. The fourth-order valence-electron chi connectivity index (χ4n) is 3.21. The van der Waals surface area contributed by atoms with E-state index in [2.05, 4.69) is 0 Å². The molecule has 2 N–H and O–H groups in total. The molecule has 0 amide bonds. The Balaban J connectivity index is 1.64. The predicted molar refractivity (Wildman–Crippen MR) is 74.5 cm³/mol. The van der Waals surface area contributed by atoms with Gasteiger partial charge in [0.25, 0.3) is 5.92 Å². The number of halogens is 2. The molecule has 2 fully saturated rings. The summed E-state index contributed by atoms with van der Waals surface area (Å²) in [7, 11) is -2.43. The minimum Gasteiger partial charge on any atom is -0.493 e. The van der Waals surface area contributed by atoms with Crippen molar-refractivity contribution in [2.45, 2.75) is 23.7 Å². The van der Waals surface area contributed by atoms with E-state index in [0.29, 0.717) is 25.2 Å². The predicted octanol–water partition coefficient (Wildman–Crippen LogP) is 2.01. The van der Waals surface area contributed by atoms with Gasteiger partial charge < -0.3 is 9.47 Å². The van der Waals surface area contributed by atoms with Crippen LogP contribution in [0.5, 0.6) is 11.5 Å². The smallest absolute Gasteiger partial charge is 0.254 e. The van der Waals surface area contributed by atoms with Gasteiger partial charge in [-0.2, -0.15) is 0 Å². The zero-order chi connectivity index (χ0) is 16.1. The maximum absolute atomic E-state index is 13.1. The monoisotopic (exact) mass is 333 g/mol. The number of alkyl halides is 2. The van der Waals surface area contributed by atoms with Crippen molar-refractivity contribution in [1.82, 2.24) is 0 Å². The van der Waals surface area contributed by atoms with Crippen LogP contribution in [0.1, 0.15) is 12.8 Å². The van der Waals surface area contributed by atoms with Gasteiger partial charge in [0.1, 0.15) is 0 Å². The Kier molecular flexibility index (Phi) is 3.56. The SMILES string of the molecule is COc1cc(S(N)(=O)=O)ccc1OCC1CC2C(C1)C2(F)F. The van der Waals surface area contributed by atoms with Crippen LogP contribution in [0, 0.1) is 17.8 Å². The minimum atomic E-state index is -3.82. The molecule has 22 heavy (non-hydrogen) atoms. The lowest BCUT2D eigenvalue weighted by Gasteiger charge is -2.17. The van der Waals surface area contributed by atoms with E-state index < -0.39 is 27.8 Å². The van der Waals surface area contributed by atoms with Crippen molar-refractivity contribution < 1.29 is 26.7 Å². The number of nitrogens with two attached hydrogens (primary N) is 1. The molecular formula is C14H17F2NO4S. The maximum Gasteiger partial charge on any atom is 0.254 e. The van der Waals surface area contributed by atoms with Gasteiger partial charge in [0.2, 0.25) is 10.0 Å². The number of methoxy groups -OCH3 is 1. The highest BCUT2D eigenvalue weighted by atomic mass is 32.2. The standard InChI is InChI=1S/C14H17F2NO4S/c1-20-13-6-9(22(17,18)19)2-3-12(13)21-7-8-4-10-11(5-8)14(10,15)16/h2-3,6,8,10-11H,4-5,7H2,1H3,(H2,17,18,19). The fraction of sp³-hybridized carbons (Fsp3) is 0.571. The minimum absolute atomic E-state index is 0.0709. The summed E-state index contributed by atoms with van der Waals surface area (Å²) in [5.41, 5.74) is 0. The lowest BCUT2D eigenvalue weighted by atomic mass is 10.0. The van der Waals surface area contributed by atoms with Gasteiger partial charge >= 0.3 is 0 Å². The van der Waals surface area contributed by atoms with Crippen LogP contribution >= 0.6 is 0 Å². The van der Waals surface area contributed by atoms with Gasteiger partial charge in [-0.25, -0.2) is 22.3 Å². The van der Waals surface area contributed by atoms with Crippen molar-refractivity contribution in [2.24, 2.45) is 22.9 Å². The molecule has 2 unspecified atom stereocenters. The summed E-state index contributed by atoms with van der Waals surface area (Å²) in [6.07, 6.45) is 0.935. The van der Waals surface area contributed by atoms with E-state index in [0.717, 1.165) is 0 Å². The second-order valence-electron chi connectivity index (χ2n) is 5.89. The van der Waals surface area contributed by atoms with Crippen LogP contribution in [0.3, 0.4) is 0 Å². The third-order valence-corrected chi connectivity index (χ3v) is 5.39. The molecule has 1 aromatic rings. The summed E-state index contributed by atoms with van der Waals surface area (Å²) in [5.74, 6) is -2.74. The fourth-order valence-corrected chi connectivity index (χ4v) is 3.73. The van der Waals surface area contributed by atoms with E-state index in [-0.39, 0.29) is 16.6 Å². The maximum atomic E-state index is 13.1. The van der Waals surface area contributed by atoms with E-state index in [1.807, 2.05) is 0 Å². The van der Waals surface area contributed by atoms with Crippen LogP contribution in [-0.2, 0) is 10.0 Å². The molecular weight excluding hydrogens is 316 g/mol. The highest BCUT2D eigenvalue weighted by Crippen LogP contribution is 2.65. The van der Waals surface area contributed by atoms with Crippen LogP contribution < -0.4 is 14.6 Å². The normalized spacial score (nSPS) is 29.0. The Labute approximate surface area is 127 Å². The van der Waals surface area contributed by atoms with E-state index in [1.54, 1.807) is 0 Å². The van der Waals surface area contributed by atoms with Crippen molar-refractivity contribution in [3.05, 3.63) is 18.2 Å². The highest BCUT2D eigenvalue weighted by Gasteiger charge is 2.71. The van der Waals surface area contributed by atoms with Gasteiger partial charge in [-0.1, -0.05) is 0 Å². The Morgan fingerprint density at radius 2 is 1.91 bits per heavy atom. The number of hydrogen-bond acceptors (Lipinski definition) is 4. The van der Waals surface area contributed by atoms with Crippen LogP contribution in [-0.4, -0.2) is 28.1 Å². The summed E-state index contributed by atoms with van der Waals surface area (Å²) in [6.45, 7) is 0.314. The number of sulfonamides is 1. The molecule has 0 bridgehead atoms. The van der Waals surface area contributed by atoms with E-state index >= 15 is 0 Å². The Hall–Kier alpha value is -1.41. The zero-order valence-corrected chi connectivity index (χ0v) is 12.8. The molecule has 5 nitrogen and oxygen atoms in total. The lowest BCUT2D eigenvalue weighted by Crippen LogP contribution is -2.16. The van der Waals surface area contributed by atoms with Crippen molar-refractivity contribution in [1.29, 1.82) is 0 Å². The first-order chi connectivity index (χ1) is 10.2. The van der Waals surface area contributed by atoms with Gasteiger partial charge in [-0.15, -0.1) is 0 Å². The molecule has 0 heterocycles. The molecule has 0 spiro atoms. The summed E-state index contributed by atoms with van der Waals surface area (Å²) < 4.78 is 59.5. The highest BCUT2D eigenvalue weighted by molar-refractivity contribution is 7.89. The summed E-state index contributed by atoms with van der Waals surface area (Å²) in [6, 6.07) is 4.07. The van der Waals surface area contributed by atoms with Crippen LogP contribution in [0.2, 0.25) is 0 Å². The van der Waals surface area contributed by atoms with Gasteiger partial charge in [0.05, 0.1) is 18.6 Å². The van der Waals surface area contributed by atoms with Crippen molar-refractivity contribution >= 4 is 10.0 Å². The molecule has 0 radical (unpaired) electrons. The van der Waals surface area contributed by atoms with Gasteiger partial charge in [-0.3, -0.25) is 0 Å². The van der Waals surface area contributed by atoms with Crippen molar-refractivity contribution in [3.63, 3.8) is 0 Å². The first-order valence-electron chi connectivity index (χ1n) is 6.95. The zero-order valence-electron chi connectivity index (χ0n) is 12.0. The van der Waals surface area contributed by atoms with Crippen LogP contribution in [0.4, 0.5) is 8.78 Å². The summed E-state index contributed by atoms with van der Waals surface area (Å²) in [4.78, 5) is -0.0709. The number of hydrogen-bond donors (Lipinski definition) is 1. The van der Waals surface area contributed by atoms with E-state index in [4.69, 9.17) is 14.6 Å². The number of benzene rings is 1. The second-order valence-corrected chi connectivity index (χ2v) is 7.46. The molecule has 3 rings (SSSR count). The van der Waals surface area contributed by atoms with E-state index in [9.17, 15) is 17.2 Å². The van der Waals surface area contributed by atoms with Gasteiger partial charge in [-0.05, 0) is 30.9 Å². The average molecular weight is 333 g/mol. The van der Waals surface area contributed by atoms with Gasteiger partial charge in [0.15, 0.2) is 11.5 Å². The average Bonchev–Trinajstić information content (AvgIpc) is 2.81. The third-order valence-electron chi connectivity index (χ3n) is 4.48. The number of ether oxygens (including phenoxy) is 2. The molecule has 122 valence electrons. The quantitative estimate of drug-likeness (QED) is 0.894.